The van der Waals surface area contributed by atoms with Crippen molar-refractivity contribution < 1.29 is 14.6 Å². The molecule has 48 heavy (non-hydrogen) atoms. The summed E-state index contributed by atoms with van der Waals surface area (Å²) >= 11 is 7.39. The number of halogens is 1. The van der Waals surface area contributed by atoms with E-state index in [4.69, 9.17) is 21.3 Å². The number of ether oxygens (including phenoxy) is 1. The number of thiazole rings is 1. The molecule has 3 heterocycles. The number of phenols is 1. The lowest BCUT2D eigenvalue weighted by Gasteiger charge is -2.26. The van der Waals surface area contributed by atoms with Crippen molar-refractivity contribution in [3.63, 3.8) is 0 Å². The molecule has 2 N–H and O–H groups in total. The largest absolute Gasteiger partial charge is 0.504 e. The number of rotatable bonds is 8. The number of phenolic OH excluding ortho intramolecular Hbond substituents is 1. The first kappa shape index (κ1) is 31.2. The van der Waals surface area contributed by atoms with E-state index in [2.05, 4.69) is 16.0 Å². The van der Waals surface area contributed by atoms with Gasteiger partial charge in [-0.15, -0.1) is 0 Å². The average molecular weight is 675 g/mol. The number of aromatic hydroxyl groups is 1. The summed E-state index contributed by atoms with van der Waals surface area (Å²) in [6.07, 6.45) is 3.94. The van der Waals surface area contributed by atoms with Crippen LogP contribution in [0.5, 0.6) is 11.5 Å². The molecule has 10 heteroatoms. The first-order valence-electron chi connectivity index (χ1n) is 15.5. The summed E-state index contributed by atoms with van der Waals surface area (Å²) < 4.78 is 9.90. The number of nitrogens with one attached hydrogen (secondary N) is 1. The second-order valence-corrected chi connectivity index (χ2v) is 12.9. The van der Waals surface area contributed by atoms with E-state index in [1.807, 2.05) is 79.9 Å². The van der Waals surface area contributed by atoms with Crippen LogP contribution in [0, 0.1) is 0 Å². The molecule has 0 unspecified atom stereocenters. The van der Waals surface area contributed by atoms with E-state index in [0.29, 0.717) is 50.0 Å². The lowest BCUT2D eigenvalue weighted by molar-refractivity contribution is -0.113. The molecule has 7 rings (SSSR count). The van der Waals surface area contributed by atoms with E-state index < -0.39 is 6.04 Å². The van der Waals surface area contributed by atoms with Gasteiger partial charge in [-0.1, -0.05) is 77.5 Å². The third-order valence-corrected chi connectivity index (χ3v) is 9.50. The van der Waals surface area contributed by atoms with Gasteiger partial charge in [-0.2, -0.15) is 0 Å². The van der Waals surface area contributed by atoms with E-state index in [1.165, 1.54) is 17.4 Å². The lowest BCUT2D eigenvalue weighted by Crippen LogP contribution is -2.40. The van der Waals surface area contributed by atoms with E-state index in [1.54, 1.807) is 35.8 Å². The van der Waals surface area contributed by atoms with Gasteiger partial charge in [-0.05, 0) is 73.5 Å². The van der Waals surface area contributed by atoms with Crippen LogP contribution < -0.4 is 24.9 Å². The van der Waals surface area contributed by atoms with Crippen molar-refractivity contribution in [2.45, 2.75) is 26.4 Å². The van der Waals surface area contributed by atoms with Gasteiger partial charge in [0.1, 0.15) is 0 Å². The van der Waals surface area contributed by atoms with Gasteiger partial charge >= 0.3 is 0 Å². The number of aromatic nitrogens is 2. The van der Waals surface area contributed by atoms with Crippen molar-refractivity contribution in [3.05, 3.63) is 156 Å². The van der Waals surface area contributed by atoms with Gasteiger partial charge in [-0.25, -0.2) is 4.99 Å². The summed E-state index contributed by atoms with van der Waals surface area (Å²) in [6, 6.07) is 29.1. The number of hydrogen-bond donors (Lipinski definition) is 2. The van der Waals surface area contributed by atoms with E-state index in [-0.39, 0.29) is 23.0 Å². The van der Waals surface area contributed by atoms with Gasteiger partial charge in [0.25, 0.3) is 11.5 Å². The Morgan fingerprint density at radius 1 is 1.04 bits per heavy atom. The van der Waals surface area contributed by atoms with Crippen LogP contribution in [-0.4, -0.2) is 26.8 Å². The summed E-state index contributed by atoms with van der Waals surface area (Å²) in [5.74, 6) is -0.139. The summed E-state index contributed by atoms with van der Waals surface area (Å²) in [5.41, 5.74) is 4.79. The molecular weight excluding hydrogens is 644 g/mol. The molecule has 0 spiro atoms. The Morgan fingerprint density at radius 2 is 1.79 bits per heavy atom. The van der Waals surface area contributed by atoms with Gasteiger partial charge in [0.05, 0.1) is 28.5 Å². The number of anilines is 1. The third kappa shape index (κ3) is 5.94. The molecule has 240 valence electrons. The Hall–Kier alpha value is -5.38. The second-order valence-electron chi connectivity index (χ2n) is 11.4. The number of allylic oxidation sites excluding steroid dienone is 1. The summed E-state index contributed by atoms with van der Waals surface area (Å²) in [7, 11) is 0. The smallest absolute Gasteiger partial charge is 0.271 e. The maximum Gasteiger partial charge on any atom is 0.271 e. The van der Waals surface area contributed by atoms with Crippen molar-refractivity contribution >= 4 is 51.5 Å². The fraction of sp³-hybridized carbons (Fsp3) is 0.132. The molecule has 1 atom stereocenters. The molecule has 1 amide bonds. The van der Waals surface area contributed by atoms with Gasteiger partial charge in [-0.3, -0.25) is 14.2 Å². The molecule has 2 aromatic heterocycles. The Balaban J connectivity index is 1.37. The maximum absolute atomic E-state index is 14.4. The average Bonchev–Trinajstić information content (AvgIpc) is 3.58. The van der Waals surface area contributed by atoms with Gasteiger partial charge in [0, 0.05) is 39.9 Å². The lowest BCUT2D eigenvalue weighted by atomic mass is 9.94. The van der Waals surface area contributed by atoms with Gasteiger partial charge in [0.2, 0.25) is 0 Å². The minimum absolute atomic E-state index is 0.0287. The van der Waals surface area contributed by atoms with Crippen LogP contribution in [0.15, 0.2) is 124 Å². The zero-order chi connectivity index (χ0) is 33.4. The fourth-order valence-electron chi connectivity index (χ4n) is 6.07. The highest BCUT2D eigenvalue weighted by Gasteiger charge is 2.33. The van der Waals surface area contributed by atoms with Gasteiger partial charge in [0.15, 0.2) is 16.3 Å². The summed E-state index contributed by atoms with van der Waals surface area (Å²) in [4.78, 5) is 33.6. The van der Waals surface area contributed by atoms with Gasteiger partial charge < -0.3 is 19.7 Å². The van der Waals surface area contributed by atoms with Crippen LogP contribution in [0.1, 0.15) is 36.6 Å². The Bertz CT molecular complexity index is 2390. The first-order valence-corrected chi connectivity index (χ1v) is 16.7. The maximum atomic E-state index is 14.4. The molecule has 0 radical (unpaired) electrons. The predicted octanol–water partition coefficient (Wildman–Crippen LogP) is 6.63. The molecule has 1 aliphatic rings. The number of benzene rings is 4. The van der Waals surface area contributed by atoms with E-state index in [0.717, 1.165) is 22.0 Å². The summed E-state index contributed by atoms with van der Waals surface area (Å²) in [6.45, 7) is 4.57. The number of nitrogens with zero attached hydrogens (tertiary/aromatic N) is 3. The molecule has 0 saturated heterocycles. The molecule has 0 fully saturated rings. The first-order chi connectivity index (χ1) is 23.3. The molecule has 4 aromatic carbocycles. The number of hydrogen-bond acceptors (Lipinski definition) is 6. The van der Waals surface area contributed by atoms with Crippen molar-refractivity contribution in [1.29, 1.82) is 0 Å². The van der Waals surface area contributed by atoms with Crippen LogP contribution in [0.4, 0.5) is 5.69 Å². The van der Waals surface area contributed by atoms with E-state index in [9.17, 15) is 14.7 Å². The Labute approximate surface area is 285 Å². The van der Waals surface area contributed by atoms with Crippen LogP contribution in [-0.2, 0) is 11.3 Å². The number of carbonyl (C=O) groups excluding carboxylic acids is 1. The van der Waals surface area contributed by atoms with Crippen LogP contribution in [0.3, 0.4) is 0 Å². The van der Waals surface area contributed by atoms with Crippen molar-refractivity contribution in [1.82, 2.24) is 9.13 Å². The monoisotopic (exact) mass is 674 g/mol. The molecular formula is C38H31ClN4O4S. The van der Waals surface area contributed by atoms with Crippen LogP contribution in [0.25, 0.3) is 17.0 Å². The highest BCUT2D eigenvalue weighted by molar-refractivity contribution is 7.07. The third-order valence-electron chi connectivity index (χ3n) is 8.27. The SMILES string of the molecule is CCOc1cc([C@H]2C(C(=O)Nc3ccccc3)=C(C)N=c3s/c(=C\c4cn(Cc5ccc(Cl)cc5)c5ccccc45)c(=O)n32)ccc1O. The topological polar surface area (TPSA) is 97.9 Å². The molecule has 0 aliphatic carbocycles. The van der Waals surface area contributed by atoms with E-state index >= 15 is 0 Å². The zero-order valence-electron chi connectivity index (χ0n) is 26.2. The quantitative estimate of drug-likeness (QED) is 0.189. The highest BCUT2D eigenvalue weighted by atomic mass is 35.5. The summed E-state index contributed by atoms with van der Waals surface area (Å²) in [5, 5.41) is 15.1. The van der Waals surface area contributed by atoms with Crippen LogP contribution in [0.2, 0.25) is 5.02 Å². The van der Waals surface area contributed by atoms with Crippen molar-refractivity contribution in [3.8, 4) is 11.5 Å². The number of fused-ring (bicyclic) bond motifs is 2. The molecule has 8 nitrogen and oxygen atoms in total. The zero-order valence-corrected chi connectivity index (χ0v) is 27.8. The van der Waals surface area contributed by atoms with Crippen molar-refractivity contribution in [2.24, 2.45) is 4.99 Å². The molecule has 6 aromatic rings. The predicted molar refractivity (Wildman–Crippen MR) is 191 cm³/mol. The normalized spacial score (nSPS) is 14.6. The fourth-order valence-corrected chi connectivity index (χ4v) is 7.23. The van der Waals surface area contributed by atoms with Crippen molar-refractivity contribution in [2.75, 3.05) is 11.9 Å². The van der Waals surface area contributed by atoms with Crippen LogP contribution >= 0.6 is 22.9 Å². The Kier molecular flexibility index (Phi) is 8.47. The number of para-hydroxylation sites is 2. The molecule has 0 bridgehead atoms. The molecule has 1 aliphatic heterocycles. The standard InChI is InChI=1S/C38H31ClN4O4S/c1-3-47-32-19-25(15-18-31(32)44)35-34(36(45)41-28-9-5-4-6-10-28)23(2)40-38-43(35)37(46)33(48-38)20-26-22-42(30-12-8-7-11-29(26)30)21-24-13-16-27(39)17-14-24/h4-20,22,35,44H,3,21H2,1-2H3,(H,41,45)/b33-20-/t35-/m0/s1. The minimum Gasteiger partial charge on any atom is -0.504 e. The Morgan fingerprint density at radius 3 is 2.56 bits per heavy atom. The second kappa shape index (κ2) is 13.0. The number of carbonyl (C=O) groups is 1. The number of amides is 1. The molecule has 0 saturated carbocycles. The highest BCUT2D eigenvalue weighted by Crippen LogP contribution is 2.36. The minimum atomic E-state index is -0.821.